The molecule has 3 N–H and O–H groups in total. The topological polar surface area (TPSA) is 77.0 Å². The fraction of sp³-hybridized carbons (Fsp3) is 0.217. The lowest BCUT2D eigenvalue weighted by Gasteiger charge is -2.19. The Morgan fingerprint density at radius 1 is 1.07 bits per heavy atom. The first-order valence-corrected chi connectivity index (χ1v) is 9.46. The van der Waals surface area contributed by atoms with Gasteiger partial charge in [0.15, 0.2) is 0 Å². The van der Waals surface area contributed by atoms with Crippen LogP contribution in [0.3, 0.4) is 0 Å². The largest absolute Gasteiger partial charge is 0.397 e. The summed E-state index contributed by atoms with van der Waals surface area (Å²) in [6.07, 6.45) is 1.82. The van der Waals surface area contributed by atoms with Crippen molar-refractivity contribution < 1.29 is 4.52 Å². The smallest absolute Gasteiger partial charge is 0.141 e. The molecule has 2 aromatic heterocycles. The third kappa shape index (κ3) is 2.89. The van der Waals surface area contributed by atoms with Gasteiger partial charge in [0.2, 0.25) is 0 Å². The number of nitrogens with one attached hydrogen (secondary N) is 1. The SMILES string of the molecule is CCNc1c(N)cc(-c2c(C)noc2C)cc1-c1c(C)ccc2ncccc12. The number of rotatable bonds is 4. The zero-order valence-electron chi connectivity index (χ0n) is 16.6. The van der Waals surface area contributed by atoms with E-state index >= 15 is 0 Å². The van der Waals surface area contributed by atoms with E-state index in [-0.39, 0.29) is 0 Å². The summed E-state index contributed by atoms with van der Waals surface area (Å²) in [6.45, 7) is 8.85. The second kappa shape index (κ2) is 7.00. The molecule has 0 amide bonds. The lowest BCUT2D eigenvalue weighted by molar-refractivity contribution is 0.393. The predicted octanol–water partition coefficient (Wildman–Crippen LogP) is 5.50. The van der Waals surface area contributed by atoms with E-state index in [4.69, 9.17) is 10.3 Å². The first-order valence-electron chi connectivity index (χ1n) is 9.46. The van der Waals surface area contributed by atoms with E-state index in [1.165, 1.54) is 5.56 Å². The van der Waals surface area contributed by atoms with Gasteiger partial charge in [-0.3, -0.25) is 4.98 Å². The van der Waals surface area contributed by atoms with Crippen LogP contribution in [0, 0.1) is 20.8 Å². The Bertz CT molecular complexity index is 1160. The minimum Gasteiger partial charge on any atom is -0.397 e. The van der Waals surface area contributed by atoms with Gasteiger partial charge in [-0.2, -0.15) is 0 Å². The number of pyridine rings is 1. The van der Waals surface area contributed by atoms with Crippen LogP contribution in [0.15, 0.2) is 47.1 Å². The van der Waals surface area contributed by atoms with Crippen molar-refractivity contribution in [2.75, 3.05) is 17.6 Å². The van der Waals surface area contributed by atoms with Crippen molar-refractivity contribution in [1.82, 2.24) is 10.1 Å². The Morgan fingerprint density at radius 2 is 1.89 bits per heavy atom. The minimum atomic E-state index is 0.703. The molecule has 4 rings (SSSR count). The van der Waals surface area contributed by atoms with Crippen LogP contribution in [-0.4, -0.2) is 16.7 Å². The van der Waals surface area contributed by atoms with Crippen molar-refractivity contribution in [3.05, 3.63) is 59.6 Å². The molecule has 0 fully saturated rings. The fourth-order valence-corrected chi connectivity index (χ4v) is 3.89. The number of nitrogen functional groups attached to an aromatic ring is 1. The zero-order chi connectivity index (χ0) is 19.8. The standard InChI is InChI=1S/C23H24N4O/c1-5-25-23-18(21-13(2)8-9-20-17(21)7-6-10-26-20)11-16(12-19(23)24)22-14(3)27-28-15(22)4/h6-12,25H,5,24H2,1-4H3. The summed E-state index contributed by atoms with van der Waals surface area (Å²) < 4.78 is 5.39. The van der Waals surface area contributed by atoms with Crippen molar-refractivity contribution in [1.29, 1.82) is 0 Å². The molecule has 2 aromatic carbocycles. The summed E-state index contributed by atoms with van der Waals surface area (Å²) in [6, 6.07) is 12.4. The maximum Gasteiger partial charge on any atom is 0.141 e. The Hall–Kier alpha value is -3.34. The van der Waals surface area contributed by atoms with E-state index in [0.29, 0.717) is 5.69 Å². The van der Waals surface area contributed by atoms with Gasteiger partial charge in [0.05, 0.1) is 22.6 Å². The molecule has 0 spiro atoms. The summed E-state index contributed by atoms with van der Waals surface area (Å²) in [5.41, 5.74) is 15.4. The second-order valence-corrected chi connectivity index (χ2v) is 7.05. The summed E-state index contributed by atoms with van der Waals surface area (Å²) in [4.78, 5) is 4.53. The quantitative estimate of drug-likeness (QED) is 0.463. The Kier molecular flexibility index (Phi) is 4.51. The molecule has 0 saturated carbocycles. The van der Waals surface area contributed by atoms with Crippen LogP contribution < -0.4 is 11.1 Å². The highest BCUT2D eigenvalue weighted by atomic mass is 16.5. The molecule has 5 heteroatoms. The van der Waals surface area contributed by atoms with E-state index in [1.54, 1.807) is 0 Å². The van der Waals surface area contributed by atoms with Gasteiger partial charge in [-0.05, 0) is 68.7 Å². The van der Waals surface area contributed by atoms with E-state index in [1.807, 2.05) is 32.2 Å². The molecule has 2 heterocycles. The van der Waals surface area contributed by atoms with Gasteiger partial charge >= 0.3 is 0 Å². The number of fused-ring (bicyclic) bond motifs is 1. The number of nitrogens with zero attached hydrogens (tertiary/aromatic N) is 2. The molecule has 0 unspecified atom stereocenters. The van der Waals surface area contributed by atoms with E-state index in [2.05, 4.69) is 53.6 Å². The summed E-state index contributed by atoms with van der Waals surface area (Å²) in [5.74, 6) is 0.787. The average Bonchev–Trinajstić information content (AvgIpc) is 3.02. The van der Waals surface area contributed by atoms with Gasteiger partial charge < -0.3 is 15.6 Å². The van der Waals surface area contributed by atoms with Gasteiger partial charge in [-0.15, -0.1) is 0 Å². The zero-order valence-corrected chi connectivity index (χ0v) is 16.6. The number of aromatic nitrogens is 2. The predicted molar refractivity (Wildman–Crippen MR) is 115 cm³/mol. The molecule has 142 valence electrons. The lowest BCUT2D eigenvalue weighted by Crippen LogP contribution is -2.04. The first kappa shape index (κ1) is 18.0. The van der Waals surface area contributed by atoms with E-state index < -0.39 is 0 Å². The van der Waals surface area contributed by atoms with Gasteiger partial charge in [0.25, 0.3) is 0 Å². The van der Waals surface area contributed by atoms with Crippen LogP contribution in [0.5, 0.6) is 0 Å². The number of hydrogen-bond donors (Lipinski definition) is 2. The fourth-order valence-electron chi connectivity index (χ4n) is 3.89. The molecule has 0 bridgehead atoms. The Labute approximate surface area is 164 Å². The number of nitrogens with two attached hydrogens (primary N) is 1. The van der Waals surface area contributed by atoms with Gasteiger partial charge in [-0.25, -0.2) is 0 Å². The maximum absolute atomic E-state index is 6.52. The average molecular weight is 372 g/mol. The van der Waals surface area contributed by atoms with Crippen LogP contribution in [0.1, 0.15) is 23.9 Å². The molecule has 0 aliphatic rings. The Morgan fingerprint density at radius 3 is 2.61 bits per heavy atom. The van der Waals surface area contributed by atoms with Crippen LogP contribution in [0.4, 0.5) is 11.4 Å². The van der Waals surface area contributed by atoms with Crippen molar-refractivity contribution in [3.63, 3.8) is 0 Å². The summed E-state index contributed by atoms with van der Waals surface area (Å²) in [5, 5.41) is 8.67. The molecule has 0 radical (unpaired) electrons. The monoisotopic (exact) mass is 372 g/mol. The molecular weight excluding hydrogens is 348 g/mol. The molecule has 0 saturated heterocycles. The molecule has 5 nitrogen and oxygen atoms in total. The molecule has 0 aliphatic carbocycles. The molecule has 0 aliphatic heterocycles. The van der Waals surface area contributed by atoms with Crippen molar-refractivity contribution in [2.45, 2.75) is 27.7 Å². The normalized spacial score (nSPS) is 11.1. The van der Waals surface area contributed by atoms with Crippen molar-refractivity contribution >= 4 is 22.3 Å². The highest BCUT2D eigenvalue weighted by Crippen LogP contribution is 2.42. The minimum absolute atomic E-state index is 0.703. The van der Waals surface area contributed by atoms with Crippen LogP contribution in [0.2, 0.25) is 0 Å². The molecule has 4 aromatic rings. The first-order chi connectivity index (χ1) is 13.5. The van der Waals surface area contributed by atoms with Crippen LogP contribution >= 0.6 is 0 Å². The highest BCUT2D eigenvalue weighted by Gasteiger charge is 2.19. The van der Waals surface area contributed by atoms with Crippen LogP contribution in [-0.2, 0) is 0 Å². The van der Waals surface area contributed by atoms with Crippen molar-refractivity contribution in [2.24, 2.45) is 0 Å². The molecule has 0 atom stereocenters. The lowest BCUT2D eigenvalue weighted by atomic mass is 9.90. The highest BCUT2D eigenvalue weighted by molar-refractivity contribution is 6.03. The number of benzene rings is 2. The molecular formula is C23H24N4O. The summed E-state index contributed by atoms with van der Waals surface area (Å²) >= 11 is 0. The van der Waals surface area contributed by atoms with Crippen molar-refractivity contribution in [3.8, 4) is 22.3 Å². The number of hydrogen-bond acceptors (Lipinski definition) is 5. The summed E-state index contributed by atoms with van der Waals surface area (Å²) in [7, 11) is 0. The molecule has 28 heavy (non-hydrogen) atoms. The Balaban J connectivity index is 2.08. The van der Waals surface area contributed by atoms with Crippen LogP contribution in [0.25, 0.3) is 33.2 Å². The van der Waals surface area contributed by atoms with Gasteiger partial charge in [0.1, 0.15) is 5.76 Å². The number of anilines is 2. The number of aryl methyl sites for hydroxylation is 3. The van der Waals surface area contributed by atoms with Gasteiger partial charge in [0, 0.05) is 29.3 Å². The van der Waals surface area contributed by atoms with E-state index in [9.17, 15) is 0 Å². The third-order valence-electron chi connectivity index (χ3n) is 5.11. The third-order valence-corrected chi connectivity index (χ3v) is 5.11. The van der Waals surface area contributed by atoms with E-state index in [0.717, 1.165) is 56.8 Å². The second-order valence-electron chi connectivity index (χ2n) is 7.05. The van der Waals surface area contributed by atoms with Gasteiger partial charge in [-0.1, -0.05) is 17.3 Å². The maximum atomic E-state index is 6.52.